The van der Waals surface area contributed by atoms with Gasteiger partial charge in [-0.2, -0.15) is 0 Å². The molecule has 1 aliphatic rings. The molecule has 86 valence electrons. The molecule has 0 aromatic carbocycles. The van der Waals surface area contributed by atoms with Crippen molar-refractivity contribution >= 4 is 5.97 Å². The number of carbonyl (C=O) groups is 1. The largest absolute Gasteiger partial charge is 0.458 e. The first-order chi connectivity index (χ1) is 8.33. The lowest BCUT2D eigenvalue weighted by atomic mass is 10.1. The van der Waals surface area contributed by atoms with Crippen LogP contribution in [-0.4, -0.2) is 38.3 Å². The highest BCUT2D eigenvalue weighted by atomic mass is 16.6. The minimum atomic E-state index is -2.41. The summed E-state index contributed by atoms with van der Waals surface area (Å²) in [6, 6.07) is -0.997. The van der Waals surface area contributed by atoms with Crippen LogP contribution < -0.4 is 5.32 Å². The predicted molar refractivity (Wildman–Crippen MR) is 57.6 cm³/mol. The minimum Gasteiger partial charge on any atom is -0.458 e. The van der Waals surface area contributed by atoms with Crippen LogP contribution in [-0.2, 0) is 14.3 Å². The van der Waals surface area contributed by atoms with Gasteiger partial charge in [0.25, 0.3) is 0 Å². The van der Waals surface area contributed by atoms with Crippen molar-refractivity contribution in [2.24, 2.45) is 0 Å². The molecule has 0 saturated carbocycles. The normalized spacial score (nSPS) is 26.2. The van der Waals surface area contributed by atoms with E-state index >= 15 is 0 Å². The fraction of sp³-hybridized carbons (Fsp3) is 0.727. The van der Waals surface area contributed by atoms with Crippen molar-refractivity contribution in [2.75, 3.05) is 20.2 Å². The highest BCUT2D eigenvalue weighted by molar-refractivity contribution is 5.79. The summed E-state index contributed by atoms with van der Waals surface area (Å²) in [6.45, 7) is 4.03. The molecule has 0 aliphatic carbocycles. The number of esters is 1. The van der Waals surface area contributed by atoms with E-state index in [0.29, 0.717) is 31.6 Å². The number of nitrogens with one attached hydrogen (secondary N) is 1. The second-order valence-corrected chi connectivity index (χ2v) is 3.51. The van der Waals surface area contributed by atoms with Gasteiger partial charge in [0.15, 0.2) is 0 Å². The molecule has 0 radical (unpaired) electrons. The Morgan fingerprint density at radius 1 is 1.87 bits per heavy atom. The van der Waals surface area contributed by atoms with E-state index in [2.05, 4.69) is 11.9 Å². The second kappa shape index (κ2) is 5.88. The molecule has 2 unspecified atom stereocenters. The zero-order chi connectivity index (χ0) is 13.8. The fourth-order valence-corrected chi connectivity index (χ4v) is 1.37. The SMILES string of the molecule is [2H]C([2H])([2H])NC(C(=C)CC)C(=O)OC1CCOC1. The van der Waals surface area contributed by atoms with E-state index in [1.165, 1.54) is 0 Å². The number of rotatable bonds is 5. The summed E-state index contributed by atoms with van der Waals surface area (Å²) in [4.78, 5) is 11.9. The van der Waals surface area contributed by atoms with Gasteiger partial charge in [-0.25, -0.2) is 4.79 Å². The van der Waals surface area contributed by atoms with Gasteiger partial charge in [0.1, 0.15) is 12.1 Å². The third-order valence-electron chi connectivity index (χ3n) is 2.41. The van der Waals surface area contributed by atoms with Gasteiger partial charge in [-0.05, 0) is 19.0 Å². The van der Waals surface area contributed by atoms with E-state index in [1.807, 2.05) is 6.92 Å². The first-order valence-corrected chi connectivity index (χ1v) is 5.07. The molecule has 0 aromatic heterocycles. The third kappa shape index (κ3) is 3.32. The molecule has 1 N–H and O–H groups in total. The number of ether oxygens (including phenoxy) is 2. The monoisotopic (exact) mass is 216 g/mol. The number of hydrogen-bond donors (Lipinski definition) is 1. The lowest BCUT2D eigenvalue weighted by molar-refractivity contribution is -0.150. The van der Waals surface area contributed by atoms with Gasteiger partial charge >= 0.3 is 5.97 Å². The number of carbonyl (C=O) groups excluding carboxylic acids is 1. The Bertz CT molecular complexity index is 311. The van der Waals surface area contributed by atoms with E-state index < -0.39 is 19.0 Å². The van der Waals surface area contributed by atoms with Gasteiger partial charge in [-0.3, -0.25) is 0 Å². The Morgan fingerprint density at radius 2 is 2.67 bits per heavy atom. The minimum absolute atomic E-state index is 0.289. The van der Waals surface area contributed by atoms with Gasteiger partial charge < -0.3 is 14.8 Å². The maximum absolute atomic E-state index is 11.9. The quantitative estimate of drug-likeness (QED) is 0.547. The molecule has 4 nitrogen and oxygen atoms in total. The Morgan fingerprint density at radius 3 is 3.20 bits per heavy atom. The standard InChI is InChI=1S/C11H19NO3/c1-4-8(2)10(12-3)11(13)15-9-5-6-14-7-9/h9-10,12H,2,4-7H2,1,3H3/i3D3. The molecule has 1 saturated heterocycles. The molecule has 1 heterocycles. The molecule has 2 atom stereocenters. The molecule has 0 aromatic rings. The molecule has 0 amide bonds. The Kier molecular flexibility index (Phi) is 3.25. The van der Waals surface area contributed by atoms with Gasteiger partial charge in [-0.1, -0.05) is 13.5 Å². The van der Waals surface area contributed by atoms with Crippen LogP contribution in [0.15, 0.2) is 12.2 Å². The summed E-state index contributed by atoms with van der Waals surface area (Å²) < 4.78 is 31.8. The van der Waals surface area contributed by atoms with Gasteiger partial charge in [-0.15, -0.1) is 0 Å². The molecule has 4 heteroatoms. The summed E-state index contributed by atoms with van der Waals surface area (Å²) >= 11 is 0. The first kappa shape index (κ1) is 8.30. The molecule has 1 fully saturated rings. The molecule has 1 aliphatic heterocycles. The van der Waals surface area contributed by atoms with Crippen LogP contribution in [0.25, 0.3) is 0 Å². The van der Waals surface area contributed by atoms with E-state index in [1.54, 1.807) is 0 Å². The van der Waals surface area contributed by atoms with Gasteiger partial charge in [0.05, 0.1) is 13.2 Å². The predicted octanol–water partition coefficient (Wildman–Crippen LogP) is 0.873. The van der Waals surface area contributed by atoms with Crippen LogP contribution in [0.5, 0.6) is 0 Å². The highest BCUT2D eigenvalue weighted by Gasteiger charge is 2.25. The summed E-state index contributed by atoms with van der Waals surface area (Å²) in [5.74, 6) is -0.603. The Labute approximate surface area is 94.8 Å². The smallest absolute Gasteiger partial charge is 0.327 e. The summed E-state index contributed by atoms with van der Waals surface area (Å²) in [5.41, 5.74) is 0.495. The van der Waals surface area contributed by atoms with Crippen LogP contribution in [0.3, 0.4) is 0 Å². The third-order valence-corrected chi connectivity index (χ3v) is 2.41. The number of likely N-dealkylation sites (N-methyl/N-ethyl adjacent to an activating group) is 1. The zero-order valence-electron chi connectivity index (χ0n) is 11.9. The summed E-state index contributed by atoms with van der Waals surface area (Å²) in [6.07, 6.45) is 0.859. The van der Waals surface area contributed by atoms with Crippen LogP contribution in [0.2, 0.25) is 0 Å². The zero-order valence-corrected chi connectivity index (χ0v) is 8.91. The Balaban J connectivity index is 2.63. The fourth-order valence-electron chi connectivity index (χ4n) is 1.37. The topological polar surface area (TPSA) is 47.6 Å². The van der Waals surface area contributed by atoms with Crippen molar-refractivity contribution < 1.29 is 18.4 Å². The van der Waals surface area contributed by atoms with Crippen LogP contribution in [0.4, 0.5) is 0 Å². The van der Waals surface area contributed by atoms with Gasteiger partial charge in [0.2, 0.25) is 0 Å². The second-order valence-electron chi connectivity index (χ2n) is 3.51. The van der Waals surface area contributed by atoms with Crippen LogP contribution in [0.1, 0.15) is 23.9 Å². The maximum Gasteiger partial charge on any atom is 0.327 e. The van der Waals surface area contributed by atoms with E-state index in [0.717, 1.165) is 0 Å². The molecule has 15 heavy (non-hydrogen) atoms. The van der Waals surface area contributed by atoms with Crippen molar-refractivity contribution in [3.8, 4) is 0 Å². The average molecular weight is 216 g/mol. The number of hydrogen-bond acceptors (Lipinski definition) is 4. The maximum atomic E-state index is 11.9. The average Bonchev–Trinajstić information content (AvgIpc) is 2.76. The lowest BCUT2D eigenvalue weighted by Gasteiger charge is -2.19. The summed E-state index contributed by atoms with van der Waals surface area (Å²) in [5, 5.41) is 2.27. The highest BCUT2D eigenvalue weighted by Crippen LogP contribution is 2.12. The lowest BCUT2D eigenvalue weighted by Crippen LogP contribution is -2.38. The first-order valence-electron chi connectivity index (χ1n) is 6.57. The van der Waals surface area contributed by atoms with Crippen molar-refractivity contribution in [1.82, 2.24) is 5.32 Å². The van der Waals surface area contributed by atoms with Gasteiger partial charge in [0, 0.05) is 10.5 Å². The van der Waals surface area contributed by atoms with Crippen LogP contribution in [0, 0.1) is 0 Å². The van der Waals surface area contributed by atoms with Crippen LogP contribution >= 0.6 is 0 Å². The summed E-state index contributed by atoms with van der Waals surface area (Å²) in [7, 11) is 0. The van der Waals surface area contributed by atoms with Crippen molar-refractivity contribution in [3.63, 3.8) is 0 Å². The van der Waals surface area contributed by atoms with E-state index in [4.69, 9.17) is 13.6 Å². The molecule has 0 spiro atoms. The van der Waals surface area contributed by atoms with Crippen molar-refractivity contribution in [2.45, 2.75) is 31.9 Å². The van der Waals surface area contributed by atoms with Crippen molar-refractivity contribution in [1.29, 1.82) is 0 Å². The molecule has 0 bridgehead atoms. The van der Waals surface area contributed by atoms with E-state index in [9.17, 15) is 4.79 Å². The van der Waals surface area contributed by atoms with Crippen molar-refractivity contribution in [3.05, 3.63) is 12.2 Å². The Hall–Kier alpha value is -0.870. The molecular formula is C11H19NO3. The molecular weight excluding hydrogens is 194 g/mol. The van der Waals surface area contributed by atoms with E-state index in [-0.39, 0.29) is 6.10 Å². The molecule has 1 rings (SSSR count).